The van der Waals surface area contributed by atoms with E-state index < -0.39 is 5.60 Å². The van der Waals surface area contributed by atoms with Gasteiger partial charge in [-0.2, -0.15) is 0 Å². The maximum absolute atomic E-state index is 9.92. The Morgan fingerprint density at radius 1 is 1.00 bits per heavy atom. The molecule has 0 spiro atoms. The van der Waals surface area contributed by atoms with E-state index in [0.29, 0.717) is 31.4 Å². The minimum Gasteiger partial charge on any atom is -0.478 e. The molecule has 6 rings (SSSR count). The SMILES string of the molecule is Cc1nc(OCCC(C)(C)O)ccc1C1CCCc2ccc(COc3cc4c(cn3)C3CC3C4)cc21. The van der Waals surface area contributed by atoms with E-state index in [2.05, 4.69) is 42.2 Å². The lowest BCUT2D eigenvalue weighted by Crippen LogP contribution is -2.22. The highest BCUT2D eigenvalue weighted by Gasteiger charge is 2.45. The molecule has 1 N–H and O–H groups in total. The van der Waals surface area contributed by atoms with Gasteiger partial charge in [0.05, 0.1) is 12.2 Å². The Bertz CT molecular complexity index is 1280. The van der Waals surface area contributed by atoms with Crippen molar-refractivity contribution >= 4 is 0 Å². The number of aromatic nitrogens is 2. The number of aliphatic hydroxyl groups is 1. The van der Waals surface area contributed by atoms with E-state index in [1.54, 1.807) is 13.8 Å². The first-order chi connectivity index (χ1) is 17.3. The average Bonchev–Trinajstić information content (AvgIpc) is 3.52. The van der Waals surface area contributed by atoms with Crippen LogP contribution in [0.3, 0.4) is 0 Å². The van der Waals surface area contributed by atoms with Gasteiger partial charge in [0, 0.05) is 36.4 Å². The summed E-state index contributed by atoms with van der Waals surface area (Å²) in [5, 5.41) is 9.92. The van der Waals surface area contributed by atoms with Gasteiger partial charge in [0.1, 0.15) is 6.61 Å². The fourth-order valence-electron chi connectivity index (χ4n) is 6.03. The van der Waals surface area contributed by atoms with Crippen molar-refractivity contribution in [2.45, 2.75) is 83.3 Å². The summed E-state index contributed by atoms with van der Waals surface area (Å²) in [5.41, 5.74) is 8.42. The minimum atomic E-state index is -0.737. The normalized spacial score (nSPS) is 21.9. The number of hydrogen-bond donors (Lipinski definition) is 1. The van der Waals surface area contributed by atoms with Gasteiger partial charge in [-0.25, -0.2) is 9.97 Å². The maximum Gasteiger partial charge on any atom is 0.213 e. The largest absolute Gasteiger partial charge is 0.478 e. The Kier molecular flexibility index (Phi) is 5.99. The third-order valence-corrected chi connectivity index (χ3v) is 8.16. The summed E-state index contributed by atoms with van der Waals surface area (Å²) < 4.78 is 12.0. The van der Waals surface area contributed by atoms with Crippen LogP contribution in [0, 0.1) is 12.8 Å². The van der Waals surface area contributed by atoms with Gasteiger partial charge in [0.15, 0.2) is 0 Å². The summed E-state index contributed by atoms with van der Waals surface area (Å²) in [6.45, 7) is 6.64. The lowest BCUT2D eigenvalue weighted by atomic mass is 9.78. The van der Waals surface area contributed by atoms with Gasteiger partial charge < -0.3 is 14.6 Å². The number of benzene rings is 1. The van der Waals surface area contributed by atoms with Crippen molar-refractivity contribution in [2.75, 3.05) is 6.61 Å². The first-order valence-electron chi connectivity index (χ1n) is 13.4. The van der Waals surface area contributed by atoms with Gasteiger partial charge >= 0.3 is 0 Å². The Morgan fingerprint density at radius 2 is 1.89 bits per heavy atom. The number of aryl methyl sites for hydroxylation is 2. The van der Waals surface area contributed by atoms with Gasteiger partial charge in [-0.3, -0.25) is 0 Å². The van der Waals surface area contributed by atoms with E-state index in [9.17, 15) is 5.11 Å². The number of hydrogen-bond acceptors (Lipinski definition) is 5. The van der Waals surface area contributed by atoms with Gasteiger partial charge in [0.2, 0.25) is 11.8 Å². The smallest absolute Gasteiger partial charge is 0.213 e. The van der Waals surface area contributed by atoms with Gasteiger partial charge in [-0.1, -0.05) is 24.3 Å². The van der Waals surface area contributed by atoms with Crippen LogP contribution >= 0.6 is 0 Å². The second-order valence-electron chi connectivity index (χ2n) is 11.5. The minimum absolute atomic E-state index is 0.330. The molecule has 3 unspecified atom stereocenters. The van der Waals surface area contributed by atoms with Crippen LogP contribution in [-0.2, 0) is 19.4 Å². The highest BCUT2D eigenvalue weighted by Crippen LogP contribution is 2.56. The zero-order valence-electron chi connectivity index (χ0n) is 21.6. The van der Waals surface area contributed by atoms with Crippen molar-refractivity contribution in [3.8, 4) is 11.8 Å². The van der Waals surface area contributed by atoms with Gasteiger partial charge in [-0.05, 0) is 98.1 Å². The molecule has 3 aromatic rings. The van der Waals surface area contributed by atoms with Crippen molar-refractivity contribution in [2.24, 2.45) is 5.92 Å². The molecule has 188 valence electrons. The molecule has 1 aromatic carbocycles. The van der Waals surface area contributed by atoms with Crippen LogP contribution in [-0.4, -0.2) is 27.3 Å². The van der Waals surface area contributed by atoms with Crippen molar-refractivity contribution in [3.05, 3.63) is 81.7 Å². The lowest BCUT2D eigenvalue weighted by molar-refractivity contribution is 0.0546. The molecule has 5 heteroatoms. The van der Waals surface area contributed by atoms with Gasteiger partial charge in [-0.15, -0.1) is 0 Å². The number of nitrogens with zero attached hydrogens (tertiary/aromatic N) is 2. The van der Waals surface area contributed by atoms with Crippen LogP contribution in [0.5, 0.6) is 11.8 Å². The first-order valence-corrected chi connectivity index (χ1v) is 13.4. The second kappa shape index (κ2) is 9.19. The first kappa shape index (κ1) is 23.5. The average molecular weight is 485 g/mol. The third-order valence-electron chi connectivity index (χ3n) is 8.16. The molecule has 36 heavy (non-hydrogen) atoms. The topological polar surface area (TPSA) is 64.5 Å². The monoisotopic (exact) mass is 484 g/mol. The van der Waals surface area contributed by atoms with E-state index in [4.69, 9.17) is 14.5 Å². The fourth-order valence-corrected chi connectivity index (χ4v) is 6.03. The fraction of sp³-hybridized carbons (Fsp3) is 0.484. The van der Waals surface area contributed by atoms with Crippen molar-refractivity contribution in [3.63, 3.8) is 0 Å². The summed E-state index contributed by atoms with van der Waals surface area (Å²) in [5.74, 6) is 3.32. The highest BCUT2D eigenvalue weighted by atomic mass is 16.5. The Hall–Kier alpha value is -2.92. The summed E-state index contributed by atoms with van der Waals surface area (Å²) >= 11 is 0. The van der Waals surface area contributed by atoms with Gasteiger partial charge in [0.25, 0.3) is 0 Å². The lowest BCUT2D eigenvalue weighted by Gasteiger charge is -2.27. The van der Waals surface area contributed by atoms with E-state index in [0.717, 1.165) is 36.3 Å². The van der Waals surface area contributed by atoms with Crippen LogP contribution in [0.25, 0.3) is 0 Å². The second-order valence-corrected chi connectivity index (χ2v) is 11.5. The van der Waals surface area contributed by atoms with E-state index >= 15 is 0 Å². The standard InChI is InChI=1S/C31H36N2O3/c1-19-24(9-10-29(33-19)35-12-11-31(2,3)34)25-6-4-5-21-8-7-20(13-26(21)25)18-36-30-16-23-14-22-15-27(22)28(23)17-32-30/h7-10,13,16-17,22,25,27,34H,4-6,11-12,14-15,18H2,1-3H3. The zero-order chi connectivity index (χ0) is 24.9. The molecule has 3 aliphatic carbocycles. The zero-order valence-corrected chi connectivity index (χ0v) is 21.6. The van der Waals surface area contributed by atoms with Crippen LogP contribution in [0.2, 0.25) is 0 Å². The number of rotatable bonds is 8. The highest BCUT2D eigenvalue weighted by molar-refractivity contribution is 5.45. The molecule has 3 aliphatic rings. The molecule has 0 aliphatic heterocycles. The van der Waals surface area contributed by atoms with Crippen molar-refractivity contribution in [1.82, 2.24) is 9.97 Å². The van der Waals surface area contributed by atoms with Crippen LogP contribution < -0.4 is 9.47 Å². The number of fused-ring (bicyclic) bond motifs is 4. The quantitative estimate of drug-likeness (QED) is 0.423. The van der Waals surface area contributed by atoms with E-state index in [-0.39, 0.29) is 0 Å². The molecule has 5 nitrogen and oxygen atoms in total. The Balaban J connectivity index is 1.16. The number of ether oxygens (including phenoxy) is 2. The summed E-state index contributed by atoms with van der Waals surface area (Å²) in [4.78, 5) is 9.33. The molecule has 2 aromatic heterocycles. The molecule has 0 saturated heterocycles. The summed E-state index contributed by atoms with van der Waals surface area (Å²) in [7, 11) is 0. The predicted molar refractivity (Wildman–Crippen MR) is 140 cm³/mol. The molecular weight excluding hydrogens is 448 g/mol. The Morgan fingerprint density at radius 3 is 2.72 bits per heavy atom. The van der Waals surface area contributed by atoms with Crippen LogP contribution in [0.4, 0.5) is 0 Å². The predicted octanol–water partition coefficient (Wildman–Crippen LogP) is 6.03. The molecule has 1 saturated carbocycles. The van der Waals surface area contributed by atoms with Crippen molar-refractivity contribution < 1.29 is 14.6 Å². The molecular formula is C31H36N2O3. The molecule has 0 amide bonds. The van der Waals surface area contributed by atoms with E-state index in [1.165, 1.54) is 52.6 Å². The number of pyridine rings is 2. The molecule has 3 atom stereocenters. The maximum atomic E-state index is 9.92. The van der Waals surface area contributed by atoms with Crippen molar-refractivity contribution in [1.29, 1.82) is 0 Å². The van der Waals surface area contributed by atoms with E-state index in [1.807, 2.05) is 12.3 Å². The summed E-state index contributed by atoms with van der Waals surface area (Å²) in [6.07, 6.45) is 8.56. The third kappa shape index (κ3) is 4.86. The van der Waals surface area contributed by atoms with Crippen LogP contribution in [0.15, 0.2) is 42.6 Å². The molecule has 2 heterocycles. The summed E-state index contributed by atoms with van der Waals surface area (Å²) in [6, 6.07) is 13.1. The van der Waals surface area contributed by atoms with Crippen LogP contribution in [0.1, 0.15) is 90.4 Å². The Labute approximate surface area is 213 Å². The molecule has 0 bridgehead atoms. The molecule has 1 fully saturated rings. The molecule has 0 radical (unpaired) electrons.